The van der Waals surface area contributed by atoms with Crippen LogP contribution >= 0.6 is 13.6 Å². The minimum atomic E-state index is -0.491. The molecule has 4 heteroatoms. The number of nitrogens with zero attached hydrogens (tertiary/aromatic N) is 1. The van der Waals surface area contributed by atoms with Crippen molar-refractivity contribution in [2.24, 2.45) is 0 Å². The van der Waals surface area contributed by atoms with E-state index < -0.39 is 5.82 Å². The van der Waals surface area contributed by atoms with Crippen molar-refractivity contribution < 1.29 is 20.7 Å². The molecule has 1 nitrogen and oxygen atoms in total. The second-order valence-electron chi connectivity index (χ2n) is 1.93. The molecule has 0 radical (unpaired) electrons. The SMILES string of the molecule is [CH2-]c1ccc(F)c(C#N)c1.[Zn+][Br]. The summed E-state index contributed by atoms with van der Waals surface area (Å²) >= 11 is 4.25. The Morgan fingerprint density at radius 2 is 2.08 bits per heavy atom. The zero-order valence-electron chi connectivity index (χ0n) is 6.35. The molecule has 0 spiro atoms. The van der Waals surface area contributed by atoms with Crippen LogP contribution in [0.2, 0.25) is 0 Å². The molecular formula is C8H5BrFNZn. The number of hydrogen-bond acceptors (Lipinski definition) is 1. The third kappa shape index (κ3) is 3.34. The quantitative estimate of drug-likeness (QED) is 0.529. The number of halogens is 2. The normalized spacial score (nSPS) is 7.92. The van der Waals surface area contributed by atoms with E-state index in [0.29, 0.717) is 5.56 Å². The third-order valence-electron chi connectivity index (χ3n) is 1.15. The Morgan fingerprint density at radius 3 is 2.50 bits per heavy atom. The Hall–Kier alpha value is -0.387. The summed E-state index contributed by atoms with van der Waals surface area (Å²) in [4.78, 5) is 0. The maximum atomic E-state index is 12.5. The van der Waals surface area contributed by atoms with E-state index in [0.717, 1.165) is 0 Å². The Bertz CT molecular complexity index is 296. The van der Waals surface area contributed by atoms with Gasteiger partial charge in [0.05, 0.1) is 6.07 Å². The van der Waals surface area contributed by atoms with Crippen LogP contribution < -0.4 is 0 Å². The van der Waals surface area contributed by atoms with Crippen molar-refractivity contribution >= 4 is 13.6 Å². The molecule has 0 saturated heterocycles. The molecule has 1 aromatic rings. The fourth-order valence-electron chi connectivity index (χ4n) is 0.658. The molecule has 0 unspecified atom stereocenters. The van der Waals surface area contributed by atoms with E-state index in [9.17, 15) is 4.39 Å². The predicted octanol–water partition coefficient (Wildman–Crippen LogP) is 2.72. The molecule has 0 bridgehead atoms. The van der Waals surface area contributed by atoms with Gasteiger partial charge in [0, 0.05) is 5.56 Å². The first-order valence-electron chi connectivity index (χ1n) is 3.02. The van der Waals surface area contributed by atoms with Crippen molar-refractivity contribution in [1.29, 1.82) is 5.26 Å². The summed E-state index contributed by atoms with van der Waals surface area (Å²) in [6, 6.07) is 5.89. The molecule has 0 aliphatic carbocycles. The fourth-order valence-corrected chi connectivity index (χ4v) is 0.658. The number of nitriles is 1. The van der Waals surface area contributed by atoms with Gasteiger partial charge in [0.25, 0.3) is 0 Å². The van der Waals surface area contributed by atoms with Crippen molar-refractivity contribution in [3.05, 3.63) is 42.1 Å². The molecular weight excluding hydrogens is 274 g/mol. The second kappa shape index (κ2) is 6.17. The summed E-state index contributed by atoms with van der Waals surface area (Å²) in [6.07, 6.45) is 0. The summed E-state index contributed by atoms with van der Waals surface area (Å²) in [7, 11) is 0. The molecule has 0 amide bonds. The van der Waals surface area contributed by atoms with Gasteiger partial charge in [-0.2, -0.15) is 23.8 Å². The molecule has 0 N–H and O–H groups in total. The van der Waals surface area contributed by atoms with Gasteiger partial charge in [-0.05, 0) is 0 Å². The maximum absolute atomic E-state index is 12.5. The summed E-state index contributed by atoms with van der Waals surface area (Å²) in [5.74, 6) is -0.491. The topological polar surface area (TPSA) is 23.8 Å². The van der Waals surface area contributed by atoms with Gasteiger partial charge >= 0.3 is 30.0 Å². The number of rotatable bonds is 0. The summed E-state index contributed by atoms with van der Waals surface area (Å²) in [5.41, 5.74) is 0.699. The third-order valence-corrected chi connectivity index (χ3v) is 1.15. The van der Waals surface area contributed by atoms with Gasteiger partial charge in [0.1, 0.15) is 5.82 Å². The van der Waals surface area contributed by atoms with Crippen molar-refractivity contribution in [3.8, 4) is 6.07 Å². The second-order valence-corrected chi connectivity index (χ2v) is 1.93. The molecule has 1 rings (SSSR count). The molecule has 12 heavy (non-hydrogen) atoms. The molecule has 0 aromatic heterocycles. The van der Waals surface area contributed by atoms with E-state index in [4.69, 9.17) is 5.26 Å². The molecule has 1 aromatic carbocycles. The van der Waals surface area contributed by atoms with E-state index in [-0.39, 0.29) is 5.56 Å². The zero-order valence-corrected chi connectivity index (χ0v) is 10.9. The number of hydrogen-bond donors (Lipinski definition) is 0. The van der Waals surface area contributed by atoms with Crippen molar-refractivity contribution in [2.45, 2.75) is 0 Å². The minimum absolute atomic E-state index is 0.0486. The van der Waals surface area contributed by atoms with E-state index in [1.165, 1.54) is 34.5 Å². The molecule has 0 aliphatic heterocycles. The predicted molar refractivity (Wildman–Crippen MR) is 44.5 cm³/mol. The van der Waals surface area contributed by atoms with Gasteiger partial charge in [-0.3, -0.25) is 0 Å². The summed E-state index contributed by atoms with van der Waals surface area (Å²) in [5, 5.41) is 8.33. The first-order chi connectivity index (χ1) is 5.74. The van der Waals surface area contributed by atoms with Crippen LogP contribution in [0, 0.1) is 24.1 Å². The Kier molecular flexibility index (Phi) is 5.97. The van der Waals surface area contributed by atoms with Gasteiger partial charge < -0.3 is 0 Å². The van der Waals surface area contributed by atoms with E-state index in [1.54, 1.807) is 6.07 Å². The van der Waals surface area contributed by atoms with Crippen LogP contribution in [0.25, 0.3) is 0 Å². The first kappa shape index (κ1) is 11.6. The average Bonchev–Trinajstić information content (AvgIpc) is 2.13. The molecule has 0 saturated carbocycles. The van der Waals surface area contributed by atoms with Gasteiger partial charge in [0.2, 0.25) is 0 Å². The van der Waals surface area contributed by atoms with Crippen LogP contribution in [0.5, 0.6) is 0 Å². The zero-order chi connectivity index (χ0) is 9.56. The summed E-state index contributed by atoms with van der Waals surface area (Å²) in [6.45, 7) is 3.55. The standard InChI is InChI=1S/C8H5FN.BrH.Zn/c1-6-2-3-8(9)7(4-6)5-10;;/h2-4H,1H2;1H;/q-1;;+2/p-1. The fraction of sp³-hybridized carbons (Fsp3) is 0. The van der Waals surface area contributed by atoms with Crippen molar-refractivity contribution in [1.82, 2.24) is 0 Å². The van der Waals surface area contributed by atoms with E-state index >= 15 is 0 Å². The van der Waals surface area contributed by atoms with Crippen LogP contribution in [0.3, 0.4) is 0 Å². The molecule has 0 atom stereocenters. The van der Waals surface area contributed by atoms with Crippen LogP contribution in [-0.4, -0.2) is 0 Å². The van der Waals surface area contributed by atoms with Gasteiger partial charge in [-0.1, -0.05) is 6.07 Å². The van der Waals surface area contributed by atoms with Crippen molar-refractivity contribution in [2.75, 3.05) is 0 Å². The van der Waals surface area contributed by atoms with E-state index in [1.807, 2.05) is 0 Å². The Labute approximate surface area is 87.6 Å². The van der Waals surface area contributed by atoms with Crippen LogP contribution in [0.4, 0.5) is 4.39 Å². The molecule has 0 heterocycles. The Morgan fingerprint density at radius 1 is 1.50 bits per heavy atom. The van der Waals surface area contributed by atoms with Crippen LogP contribution in [0.1, 0.15) is 11.1 Å². The monoisotopic (exact) mass is 277 g/mol. The van der Waals surface area contributed by atoms with Crippen molar-refractivity contribution in [3.63, 3.8) is 0 Å². The Balaban J connectivity index is 0.000000561. The first-order valence-corrected chi connectivity index (χ1v) is 9.97. The van der Waals surface area contributed by atoms with Gasteiger partial charge in [0.15, 0.2) is 0 Å². The molecule has 0 fully saturated rings. The van der Waals surface area contributed by atoms with Gasteiger partial charge in [-0.15, -0.1) is 6.07 Å². The molecule has 58 valence electrons. The average molecular weight is 279 g/mol. The van der Waals surface area contributed by atoms with Gasteiger partial charge in [-0.25, -0.2) is 4.39 Å². The summed E-state index contributed by atoms with van der Waals surface area (Å²) < 4.78 is 12.5. The van der Waals surface area contributed by atoms with E-state index in [2.05, 4.69) is 20.5 Å². The van der Waals surface area contributed by atoms with Crippen LogP contribution in [0.15, 0.2) is 18.2 Å². The van der Waals surface area contributed by atoms with Crippen LogP contribution in [-0.2, 0) is 16.3 Å². The number of benzene rings is 1. The molecule has 0 aliphatic rings.